The molecular formula is C18H24N2O3. The van der Waals surface area contributed by atoms with Crippen molar-refractivity contribution in [1.82, 2.24) is 10.2 Å². The van der Waals surface area contributed by atoms with Gasteiger partial charge in [0.15, 0.2) is 0 Å². The van der Waals surface area contributed by atoms with Crippen LogP contribution in [0.4, 0.5) is 0 Å². The summed E-state index contributed by atoms with van der Waals surface area (Å²) >= 11 is 0. The maximum absolute atomic E-state index is 12.3. The van der Waals surface area contributed by atoms with Crippen LogP contribution in [-0.4, -0.2) is 40.5 Å². The highest BCUT2D eigenvalue weighted by atomic mass is 16.3. The van der Waals surface area contributed by atoms with Crippen molar-refractivity contribution in [2.24, 2.45) is 0 Å². The number of aliphatic hydroxyl groups is 1. The number of benzene rings is 1. The van der Waals surface area contributed by atoms with Crippen molar-refractivity contribution in [3.63, 3.8) is 0 Å². The molecule has 2 fully saturated rings. The van der Waals surface area contributed by atoms with E-state index in [1.54, 1.807) is 6.07 Å². The van der Waals surface area contributed by atoms with E-state index in [0.717, 1.165) is 44.2 Å². The van der Waals surface area contributed by atoms with E-state index in [0.29, 0.717) is 25.1 Å². The molecular weight excluding hydrogens is 292 g/mol. The van der Waals surface area contributed by atoms with Crippen LogP contribution in [0.15, 0.2) is 24.3 Å². The Balaban J connectivity index is 1.59. The number of nitrogens with one attached hydrogen (secondary N) is 1. The van der Waals surface area contributed by atoms with Crippen LogP contribution in [0.1, 0.15) is 54.4 Å². The number of nitrogens with zero attached hydrogens (tertiary/aromatic N) is 1. The van der Waals surface area contributed by atoms with Crippen molar-refractivity contribution in [2.75, 3.05) is 13.1 Å². The molecule has 1 aromatic rings. The quantitative estimate of drug-likeness (QED) is 0.871. The minimum Gasteiger partial charge on any atom is -0.388 e. The molecule has 1 saturated heterocycles. The molecule has 0 aromatic heterocycles. The second kappa shape index (κ2) is 6.71. The Bertz CT molecular complexity index is 594. The van der Waals surface area contributed by atoms with Gasteiger partial charge in [-0.15, -0.1) is 0 Å². The van der Waals surface area contributed by atoms with Crippen LogP contribution in [0.2, 0.25) is 0 Å². The lowest BCUT2D eigenvalue weighted by molar-refractivity contribution is -0.128. The number of hydrogen-bond acceptors (Lipinski definition) is 3. The summed E-state index contributed by atoms with van der Waals surface area (Å²) in [5, 5.41) is 13.1. The lowest BCUT2D eigenvalue weighted by Gasteiger charge is -2.22. The third-order valence-electron chi connectivity index (χ3n) is 4.85. The van der Waals surface area contributed by atoms with Gasteiger partial charge in [-0.3, -0.25) is 9.59 Å². The molecule has 1 saturated carbocycles. The first-order valence-corrected chi connectivity index (χ1v) is 8.43. The molecule has 0 bridgehead atoms. The number of hydrogen-bond donors (Lipinski definition) is 2. The molecule has 0 radical (unpaired) electrons. The van der Waals surface area contributed by atoms with Gasteiger partial charge in [0.2, 0.25) is 5.91 Å². The molecule has 0 spiro atoms. The predicted molar refractivity (Wildman–Crippen MR) is 86.8 cm³/mol. The smallest absolute Gasteiger partial charge is 0.251 e. The molecule has 3 rings (SSSR count). The summed E-state index contributed by atoms with van der Waals surface area (Å²) in [6.45, 7) is 1.66. The Kier molecular flexibility index (Phi) is 4.66. The van der Waals surface area contributed by atoms with E-state index in [9.17, 15) is 14.7 Å². The standard InChI is InChI=1S/C18H24N2O3/c21-16-7-4-10-20(16)12-14-5-3-6-15(11-14)17(22)19-13-18(23)8-1-2-9-18/h3,5-6,11,23H,1-2,4,7-10,12-13H2,(H,19,22). The first-order chi connectivity index (χ1) is 11.1. The summed E-state index contributed by atoms with van der Waals surface area (Å²) in [5.41, 5.74) is 0.804. The molecule has 0 atom stereocenters. The van der Waals surface area contributed by atoms with E-state index >= 15 is 0 Å². The van der Waals surface area contributed by atoms with Gasteiger partial charge in [-0.05, 0) is 37.0 Å². The maximum Gasteiger partial charge on any atom is 0.251 e. The first kappa shape index (κ1) is 16.0. The lowest BCUT2D eigenvalue weighted by atomic mass is 10.0. The second-order valence-corrected chi connectivity index (χ2v) is 6.73. The Morgan fingerprint density at radius 1 is 1.26 bits per heavy atom. The number of amides is 2. The van der Waals surface area contributed by atoms with Gasteiger partial charge < -0.3 is 15.3 Å². The number of rotatable bonds is 5. The highest BCUT2D eigenvalue weighted by Crippen LogP contribution is 2.28. The normalized spacial score (nSPS) is 20.0. The van der Waals surface area contributed by atoms with Crippen molar-refractivity contribution in [3.05, 3.63) is 35.4 Å². The van der Waals surface area contributed by atoms with Gasteiger partial charge in [-0.1, -0.05) is 25.0 Å². The van der Waals surface area contributed by atoms with Gasteiger partial charge in [-0.2, -0.15) is 0 Å². The van der Waals surface area contributed by atoms with Crippen molar-refractivity contribution in [3.8, 4) is 0 Å². The summed E-state index contributed by atoms with van der Waals surface area (Å²) < 4.78 is 0. The molecule has 1 aliphatic carbocycles. The molecule has 5 nitrogen and oxygen atoms in total. The van der Waals surface area contributed by atoms with E-state index in [4.69, 9.17) is 0 Å². The third kappa shape index (κ3) is 3.91. The topological polar surface area (TPSA) is 69.6 Å². The minimum atomic E-state index is -0.741. The van der Waals surface area contributed by atoms with Crippen LogP contribution in [0.5, 0.6) is 0 Å². The second-order valence-electron chi connectivity index (χ2n) is 6.73. The third-order valence-corrected chi connectivity index (χ3v) is 4.85. The highest BCUT2D eigenvalue weighted by Gasteiger charge is 2.31. The molecule has 2 N–H and O–H groups in total. The maximum atomic E-state index is 12.3. The Morgan fingerprint density at radius 2 is 2.04 bits per heavy atom. The van der Waals surface area contributed by atoms with Crippen LogP contribution in [0.25, 0.3) is 0 Å². The zero-order valence-corrected chi connectivity index (χ0v) is 13.4. The van der Waals surface area contributed by atoms with Crippen LogP contribution in [0, 0.1) is 0 Å². The average Bonchev–Trinajstić information content (AvgIpc) is 3.15. The minimum absolute atomic E-state index is 0.167. The zero-order valence-electron chi connectivity index (χ0n) is 13.4. The zero-order chi connectivity index (χ0) is 16.3. The summed E-state index contributed by atoms with van der Waals surface area (Å²) in [6.07, 6.45) is 5.09. The summed E-state index contributed by atoms with van der Waals surface area (Å²) in [5.74, 6) is 0.0169. The molecule has 23 heavy (non-hydrogen) atoms. The van der Waals surface area contributed by atoms with Gasteiger partial charge in [0.1, 0.15) is 0 Å². The largest absolute Gasteiger partial charge is 0.388 e. The van der Waals surface area contributed by atoms with Gasteiger partial charge >= 0.3 is 0 Å². The highest BCUT2D eigenvalue weighted by molar-refractivity contribution is 5.94. The predicted octanol–water partition coefficient (Wildman–Crippen LogP) is 1.84. The Hall–Kier alpha value is -1.88. The van der Waals surface area contributed by atoms with Crippen molar-refractivity contribution in [1.29, 1.82) is 0 Å². The molecule has 1 heterocycles. The molecule has 0 unspecified atom stereocenters. The van der Waals surface area contributed by atoms with Crippen LogP contribution >= 0.6 is 0 Å². The van der Waals surface area contributed by atoms with Gasteiger partial charge in [0.25, 0.3) is 5.91 Å². The number of carbonyl (C=O) groups excluding carboxylic acids is 2. The van der Waals surface area contributed by atoms with Crippen molar-refractivity contribution >= 4 is 11.8 Å². The molecule has 2 aliphatic rings. The summed E-state index contributed by atoms with van der Waals surface area (Å²) in [6, 6.07) is 7.38. The van der Waals surface area contributed by atoms with Gasteiger partial charge in [-0.25, -0.2) is 0 Å². The fourth-order valence-electron chi connectivity index (χ4n) is 3.46. The van der Waals surface area contributed by atoms with Crippen molar-refractivity contribution in [2.45, 2.75) is 50.7 Å². The Labute approximate surface area is 136 Å². The van der Waals surface area contributed by atoms with E-state index in [1.165, 1.54) is 0 Å². The molecule has 1 aromatic carbocycles. The fraction of sp³-hybridized carbons (Fsp3) is 0.556. The molecule has 5 heteroatoms. The molecule has 1 aliphatic heterocycles. The fourth-order valence-corrected chi connectivity index (χ4v) is 3.46. The van der Waals surface area contributed by atoms with E-state index < -0.39 is 5.60 Å². The SMILES string of the molecule is O=C(NCC1(O)CCCC1)c1cccc(CN2CCCC2=O)c1. The van der Waals surface area contributed by atoms with Crippen LogP contribution < -0.4 is 5.32 Å². The summed E-state index contributed by atoms with van der Waals surface area (Å²) in [4.78, 5) is 25.8. The van der Waals surface area contributed by atoms with Crippen molar-refractivity contribution < 1.29 is 14.7 Å². The average molecular weight is 316 g/mol. The monoisotopic (exact) mass is 316 g/mol. The Morgan fingerprint density at radius 3 is 2.74 bits per heavy atom. The molecule has 124 valence electrons. The van der Waals surface area contributed by atoms with Crippen LogP contribution in [0.3, 0.4) is 0 Å². The number of likely N-dealkylation sites (tertiary alicyclic amines) is 1. The van der Waals surface area contributed by atoms with Crippen LogP contribution in [-0.2, 0) is 11.3 Å². The lowest BCUT2D eigenvalue weighted by Crippen LogP contribution is -2.40. The summed E-state index contributed by atoms with van der Waals surface area (Å²) in [7, 11) is 0. The van der Waals surface area contributed by atoms with Gasteiger partial charge in [0, 0.05) is 31.6 Å². The number of carbonyl (C=O) groups is 2. The van der Waals surface area contributed by atoms with E-state index in [-0.39, 0.29) is 11.8 Å². The first-order valence-electron chi connectivity index (χ1n) is 8.43. The van der Waals surface area contributed by atoms with E-state index in [2.05, 4.69) is 5.32 Å². The van der Waals surface area contributed by atoms with Gasteiger partial charge in [0.05, 0.1) is 5.60 Å². The van der Waals surface area contributed by atoms with E-state index in [1.807, 2.05) is 23.1 Å². The molecule has 2 amide bonds.